The molecule has 1 unspecified atom stereocenters. The molecule has 0 saturated carbocycles. The SMILES string of the molecule is [2H]c1cc([2H])c2cc(C(C)O)oc2c1. The minimum absolute atomic E-state index is 0.244. The van der Waals surface area contributed by atoms with Crippen molar-refractivity contribution in [2.24, 2.45) is 0 Å². The van der Waals surface area contributed by atoms with Gasteiger partial charge in [0.1, 0.15) is 17.4 Å². The van der Waals surface area contributed by atoms with Gasteiger partial charge >= 0.3 is 0 Å². The molecular weight excluding hydrogens is 152 g/mol. The van der Waals surface area contributed by atoms with Crippen LogP contribution in [0.2, 0.25) is 0 Å². The fourth-order valence-corrected chi connectivity index (χ4v) is 1.09. The lowest BCUT2D eigenvalue weighted by Crippen LogP contribution is -1.85. The maximum Gasteiger partial charge on any atom is 0.134 e. The quantitative estimate of drug-likeness (QED) is 0.702. The Hall–Kier alpha value is -1.28. The zero-order chi connectivity index (χ0) is 10.3. The van der Waals surface area contributed by atoms with Crippen molar-refractivity contribution >= 4 is 11.0 Å². The lowest BCUT2D eigenvalue weighted by Gasteiger charge is -1.95. The van der Waals surface area contributed by atoms with Crippen LogP contribution in [0.25, 0.3) is 11.0 Å². The predicted octanol–water partition coefficient (Wildman–Crippen LogP) is 2.49. The first-order valence-electron chi connectivity index (χ1n) is 4.76. The number of fused-ring (bicyclic) bond motifs is 1. The third kappa shape index (κ3) is 1.10. The third-order valence-corrected chi connectivity index (χ3v) is 1.72. The van der Waals surface area contributed by atoms with Crippen LogP contribution < -0.4 is 0 Å². The van der Waals surface area contributed by atoms with E-state index in [4.69, 9.17) is 7.16 Å². The molecule has 2 aromatic rings. The number of benzene rings is 1. The van der Waals surface area contributed by atoms with Gasteiger partial charge in [0.2, 0.25) is 0 Å². The van der Waals surface area contributed by atoms with E-state index in [0.29, 0.717) is 16.7 Å². The van der Waals surface area contributed by atoms with Gasteiger partial charge in [0.15, 0.2) is 0 Å². The van der Waals surface area contributed by atoms with Crippen molar-refractivity contribution < 1.29 is 12.3 Å². The second-order valence-corrected chi connectivity index (χ2v) is 2.70. The van der Waals surface area contributed by atoms with Crippen molar-refractivity contribution in [1.82, 2.24) is 0 Å². The van der Waals surface area contributed by atoms with E-state index < -0.39 is 6.10 Å². The maximum atomic E-state index is 9.28. The van der Waals surface area contributed by atoms with E-state index in [0.717, 1.165) is 0 Å². The summed E-state index contributed by atoms with van der Waals surface area (Å²) in [6.45, 7) is 1.60. The van der Waals surface area contributed by atoms with Crippen molar-refractivity contribution in [2.75, 3.05) is 0 Å². The molecule has 2 nitrogen and oxygen atoms in total. The summed E-state index contributed by atoms with van der Waals surface area (Å²) in [7, 11) is 0. The van der Waals surface area contributed by atoms with Crippen LogP contribution in [-0.2, 0) is 0 Å². The predicted molar refractivity (Wildman–Crippen MR) is 46.8 cm³/mol. The zero-order valence-electron chi connectivity index (χ0n) is 8.66. The molecule has 1 N–H and O–H groups in total. The number of hydrogen-bond acceptors (Lipinski definition) is 2. The second kappa shape index (κ2) is 2.64. The lowest BCUT2D eigenvalue weighted by atomic mass is 10.2. The molecule has 0 bridgehead atoms. The molecule has 0 spiro atoms. The minimum atomic E-state index is -0.684. The molecule has 0 aliphatic heterocycles. The molecule has 2 rings (SSSR count). The second-order valence-electron chi connectivity index (χ2n) is 2.70. The lowest BCUT2D eigenvalue weighted by molar-refractivity contribution is 0.172. The van der Waals surface area contributed by atoms with Crippen LogP contribution in [0, 0.1) is 0 Å². The van der Waals surface area contributed by atoms with Gasteiger partial charge in [0, 0.05) is 5.39 Å². The summed E-state index contributed by atoms with van der Waals surface area (Å²) in [6, 6.07) is 5.13. The van der Waals surface area contributed by atoms with Crippen LogP contribution in [0.3, 0.4) is 0 Å². The molecule has 1 heterocycles. The van der Waals surface area contributed by atoms with E-state index in [2.05, 4.69) is 0 Å². The zero-order valence-corrected chi connectivity index (χ0v) is 6.66. The van der Waals surface area contributed by atoms with Gasteiger partial charge in [-0.2, -0.15) is 0 Å². The molecule has 1 aromatic heterocycles. The van der Waals surface area contributed by atoms with Crippen LogP contribution in [0.5, 0.6) is 0 Å². The molecule has 0 radical (unpaired) electrons. The summed E-state index contributed by atoms with van der Waals surface area (Å²) in [5.41, 5.74) is 0.485. The minimum Gasteiger partial charge on any atom is -0.458 e. The van der Waals surface area contributed by atoms with E-state index in [1.807, 2.05) is 0 Å². The highest BCUT2D eigenvalue weighted by molar-refractivity contribution is 5.77. The van der Waals surface area contributed by atoms with Gasteiger partial charge in [-0.1, -0.05) is 18.2 Å². The normalized spacial score (nSPS) is 15.8. The molecule has 2 heteroatoms. The van der Waals surface area contributed by atoms with Crippen molar-refractivity contribution in [3.63, 3.8) is 0 Å². The average Bonchev–Trinajstić information content (AvgIpc) is 2.47. The fourth-order valence-electron chi connectivity index (χ4n) is 1.09. The number of rotatable bonds is 1. The number of aliphatic hydroxyl groups excluding tert-OH is 1. The molecule has 0 aliphatic rings. The monoisotopic (exact) mass is 164 g/mol. The standard InChI is InChI=1S/C10H10O2/c1-7(11)10-6-8-4-2-3-5-9(8)12-10/h2-7,11H,1H3/i3D,4D. The first-order chi connectivity index (χ1) is 6.58. The van der Waals surface area contributed by atoms with Gasteiger partial charge in [-0.3, -0.25) is 0 Å². The largest absolute Gasteiger partial charge is 0.458 e. The Labute approximate surface area is 73.2 Å². The first kappa shape index (κ1) is 5.38. The molecule has 0 amide bonds. The Morgan fingerprint density at radius 1 is 1.67 bits per heavy atom. The van der Waals surface area contributed by atoms with Crippen molar-refractivity contribution in [3.05, 3.63) is 36.0 Å². The Bertz CT molecular complexity index is 474. The van der Waals surface area contributed by atoms with Crippen LogP contribution in [0.15, 0.2) is 34.7 Å². The summed E-state index contributed by atoms with van der Waals surface area (Å²) in [4.78, 5) is 0. The van der Waals surface area contributed by atoms with E-state index in [9.17, 15) is 5.11 Å². The maximum absolute atomic E-state index is 9.28. The first-order valence-corrected chi connectivity index (χ1v) is 3.76. The van der Waals surface area contributed by atoms with E-state index in [1.165, 1.54) is 6.07 Å². The Kier molecular flexibility index (Phi) is 1.19. The van der Waals surface area contributed by atoms with E-state index in [-0.39, 0.29) is 12.1 Å². The molecule has 0 aliphatic carbocycles. The third-order valence-electron chi connectivity index (χ3n) is 1.72. The Morgan fingerprint density at radius 2 is 2.50 bits per heavy atom. The highest BCUT2D eigenvalue weighted by Gasteiger charge is 2.06. The van der Waals surface area contributed by atoms with Crippen LogP contribution in [0.4, 0.5) is 0 Å². The highest BCUT2D eigenvalue weighted by Crippen LogP contribution is 2.22. The molecule has 12 heavy (non-hydrogen) atoms. The Balaban J connectivity index is 2.70. The Morgan fingerprint density at radius 3 is 3.25 bits per heavy atom. The van der Waals surface area contributed by atoms with Crippen LogP contribution in [0.1, 0.15) is 21.5 Å². The molecule has 0 fully saturated rings. The van der Waals surface area contributed by atoms with E-state index in [1.54, 1.807) is 19.1 Å². The average molecular weight is 164 g/mol. The number of aliphatic hydroxyl groups is 1. The number of para-hydroxylation sites is 1. The molecule has 1 aromatic carbocycles. The van der Waals surface area contributed by atoms with Gasteiger partial charge in [0.25, 0.3) is 0 Å². The number of furan rings is 1. The van der Waals surface area contributed by atoms with Gasteiger partial charge in [-0.05, 0) is 19.1 Å². The van der Waals surface area contributed by atoms with Gasteiger partial charge in [-0.25, -0.2) is 0 Å². The van der Waals surface area contributed by atoms with Crippen molar-refractivity contribution in [3.8, 4) is 0 Å². The van der Waals surface area contributed by atoms with Crippen molar-refractivity contribution in [2.45, 2.75) is 13.0 Å². The van der Waals surface area contributed by atoms with Crippen LogP contribution in [-0.4, -0.2) is 5.11 Å². The summed E-state index contributed by atoms with van der Waals surface area (Å²) in [6.07, 6.45) is -0.684. The topological polar surface area (TPSA) is 33.4 Å². The summed E-state index contributed by atoms with van der Waals surface area (Å²) < 4.78 is 20.3. The van der Waals surface area contributed by atoms with Gasteiger partial charge < -0.3 is 9.52 Å². The summed E-state index contributed by atoms with van der Waals surface area (Å²) in [5, 5.41) is 9.92. The van der Waals surface area contributed by atoms with Crippen molar-refractivity contribution in [1.29, 1.82) is 0 Å². The summed E-state index contributed by atoms with van der Waals surface area (Å²) in [5.74, 6) is 0.430. The van der Waals surface area contributed by atoms with Gasteiger partial charge in [0.05, 0.1) is 2.74 Å². The van der Waals surface area contributed by atoms with Crippen LogP contribution >= 0.6 is 0 Å². The fraction of sp³-hybridized carbons (Fsp3) is 0.200. The number of hydrogen-bond donors (Lipinski definition) is 1. The molecule has 0 saturated heterocycles. The van der Waals surface area contributed by atoms with E-state index >= 15 is 0 Å². The smallest absolute Gasteiger partial charge is 0.134 e. The highest BCUT2D eigenvalue weighted by atomic mass is 16.4. The summed E-state index contributed by atoms with van der Waals surface area (Å²) >= 11 is 0. The molecule has 1 atom stereocenters. The molecular formula is C10H10O2. The molecule has 62 valence electrons. The van der Waals surface area contributed by atoms with Gasteiger partial charge in [-0.15, -0.1) is 0 Å².